The lowest BCUT2D eigenvalue weighted by molar-refractivity contribution is 0.0944. The van der Waals surface area contributed by atoms with Gasteiger partial charge in [-0.1, -0.05) is 60.7 Å². The monoisotopic (exact) mass is 464 g/mol. The van der Waals surface area contributed by atoms with Gasteiger partial charge in [0.2, 0.25) is 0 Å². The molecule has 1 aliphatic heterocycles. The third-order valence-corrected chi connectivity index (χ3v) is 6.41. The molecule has 1 fully saturated rings. The predicted molar refractivity (Wildman–Crippen MR) is 136 cm³/mol. The molecule has 3 heterocycles. The Morgan fingerprint density at radius 1 is 0.886 bits per heavy atom. The first-order valence-corrected chi connectivity index (χ1v) is 12.0. The molecule has 0 aliphatic carbocycles. The predicted octanol–water partition coefficient (Wildman–Crippen LogP) is 4.32. The molecule has 176 valence electrons. The highest BCUT2D eigenvalue weighted by molar-refractivity contribution is 5.92. The number of aromatic nitrogens is 4. The zero-order valence-corrected chi connectivity index (χ0v) is 19.5. The number of carbonyl (C=O) groups excluding carboxylic acids is 1. The molecular weight excluding hydrogens is 436 g/mol. The number of benzene rings is 2. The Hall–Kier alpha value is -4.13. The highest BCUT2D eigenvalue weighted by Gasteiger charge is 2.21. The van der Waals surface area contributed by atoms with Crippen molar-refractivity contribution in [2.45, 2.75) is 25.8 Å². The summed E-state index contributed by atoms with van der Waals surface area (Å²) in [4.78, 5) is 23.5. The molecule has 2 aromatic heterocycles. The van der Waals surface area contributed by atoms with Crippen LogP contribution in [0, 0.1) is 5.92 Å². The first-order valence-electron chi connectivity index (χ1n) is 12.0. The topological polar surface area (TPSA) is 83.9 Å². The van der Waals surface area contributed by atoms with Crippen LogP contribution in [0.2, 0.25) is 0 Å². The Balaban J connectivity index is 1.13. The van der Waals surface area contributed by atoms with Gasteiger partial charge in [-0.3, -0.25) is 4.79 Å². The molecule has 7 nitrogen and oxygen atoms in total. The van der Waals surface area contributed by atoms with Gasteiger partial charge >= 0.3 is 0 Å². The summed E-state index contributed by atoms with van der Waals surface area (Å²) in [6.45, 7) is 2.20. The van der Waals surface area contributed by atoms with E-state index in [1.807, 2.05) is 42.5 Å². The lowest BCUT2D eigenvalue weighted by Gasteiger charge is -2.32. The van der Waals surface area contributed by atoms with E-state index in [4.69, 9.17) is 0 Å². The van der Waals surface area contributed by atoms with E-state index in [9.17, 15) is 4.79 Å². The molecule has 1 aliphatic rings. The van der Waals surface area contributed by atoms with Crippen molar-refractivity contribution in [1.82, 2.24) is 25.5 Å². The summed E-state index contributed by atoms with van der Waals surface area (Å²) in [7, 11) is 0. The van der Waals surface area contributed by atoms with Crippen LogP contribution >= 0.6 is 0 Å². The summed E-state index contributed by atoms with van der Waals surface area (Å²) >= 11 is 0. The van der Waals surface area contributed by atoms with Crippen LogP contribution in [-0.4, -0.2) is 39.2 Å². The van der Waals surface area contributed by atoms with E-state index in [1.165, 1.54) is 11.9 Å². The zero-order chi connectivity index (χ0) is 23.9. The lowest BCUT2D eigenvalue weighted by Crippen LogP contribution is -2.35. The van der Waals surface area contributed by atoms with Crippen LogP contribution in [0.4, 0.5) is 5.82 Å². The summed E-state index contributed by atoms with van der Waals surface area (Å²) in [5, 5.41) is 11.4. The molecule has 35 heavy (non-hydrogen) atoms. The highest BCUT2D eigenvalue weighted by Crippen LogP contribution is 2.24. The molecule has 2 aromatic carbocycles. The molecule has 0 bridgehead atoms. The molecule has 5 rings (SSSR count). The van der Waals surface area contributed by atoms with Crippen LogP contribution in [0.25, 0.3) is 11.3 Å². The van der Waals surface area contributed by atoms with Crippen molar-refractivity contribution < 1.29 is 4.79 Å². The maximum atomic E-state index is 12.6. The molecule has 0 saturated carbocycles. The molecule has 1 amide bonds. The second kappa shape index (κ2) is 10.9. The lowest BCUT2D eigenvalue weighted by atomic mass is 9.90. The van der Waals surface area contributed by atoms with Gasteiger partial charge in [0, 0.05) is 18.7 Å². The average molecular weight is 465 g/mol. The van der Waals surface area contributed by atoms with Crippen molar-refractivity contribution in [2.75, 3.05) is 18.0 Å². The van der Waals surface area contributed by atoms with Gasteiger partial charge in [0.05, 0.1) is 17.9 Å². The minimum Gasteiger partial charge on any atom is -0.355 e. The molecule has 0 atom stereocenters. The quantitative estimate of drug-likeness (QED) is 0.439. The van der Waals surface area contributed by atoms with Crippen molar-refractivity contribution in [3.8, 4) is 11.3 Å². The van der Waals surface area contributed by atoms with Gasteiger partial charge < -0.3 is 10.2 Å². The Kier molecular flexibility index (Phi) is 7.03. The van der Waals surface area contributed by atoms with Crippen LogP contribution in [0.1, 0.15) is 34.6 Å². The van der Waals surface area contributed by atoms with Crippen molar-refractivity contribution in [2.24, 2.45) is 5.92 Å². The number of nitrogens with zero attached hydrogens (tertiary/aromatic N) is 5. The SMILES string of the molecule is O=C(NCc1cc(-c2ccccc2)ncn1)c1ccc(N2CCC(Cc3ccccc3)CC2)nn1. The summed E-state index contributed by atoms with van der Waals surface area (Å²) in [5.74, 6) is 1.24. The number of hydrogen-bond donors (Lipinski definition) is 1. The molecule has 0 spiro atoms. The first-order chi connectivity index (χ1) is 17.2. The molecular formula is C28H28N6O. The molecule has 1 saturated heterocycles. The maximum absolute atomic E-state index is 12.6. The van der Waals surface area contributed by atoms with E-state index >= 15 is 0 Å². The van der Waals surface area contributed by atoms with E-state index in [0.717, 1.165) is 55.1 Å². The molecule has 4 aromatic rings. The minimum absolute atomic E-state index is 0.273. The number of anilines is 1. The molecule has 7 heteroatoms. The second-order valence-corrected chi connectivity index (χ2v) is 8.84. The average Bonchev–Trinajstić information content (AvgIpc) is 2.93. The first kappa shape index (κ1) is 22.7. The van der Waals surface area contributed by atoms with Crippen molar-refractivity contribution in [3.63, 3.8) is 0 Å². The number of hydrogen-bond acceptors (Lipinski definition) is 6. The second-order valence-electron chi connectivity index (χ2n) is 8.84. The molecule has 0 radical (unpaired) electrons. The molecule has 1 N–H and O–H groups in total. The van der Waals surface area contributed by atoms with Crippen molar-refractivity contribution >= 4 is 11.7 Å². The largest absolute Gasteiger partial charge is 0.355 e. The van der Waals surface area contributed by atoms with E-state index in [-0.39, 0.29) is 5.91 Å². The van der Waals surface area contributed by atoms with Gasteiger partial charge in [0.1, 0.15) is 6.33 Å². The van der Waals surface area contributed by atoms with Crippen LogP contribution < -0.4 is 10.2 Å². The summed E-state index contributed by atoms with van der Waals surface area (Å²) in [6.07, 6.45) is 4.89. The fraction of sp³-hybridized carbons (Fsp3) is 0.250. The standard InChI is InChI=1S/C28H28N6O/c35-28(29-19-24-18-26(31-20-30-24)23-9-5-2-6-10-23)25-11-12-27(33-32-25)34-15-13-22(14-16-34)17-21-7-3-1-4-8-21/h1-12,18,20,22H,13-17,19H2,(H,29,35). The third-order valence-electron chi connectivity index (χ3n) is 6.41. The number of piperidine rings is 1. The van der Waals surface area contributed by atoms with E-state index in [1.54, 1.807) is 6.07 Å². The number of carbonyl (C=O) groups is 1. The number of amides is 1. The van der Waals surface area contributed by atoms with Gasteiger partial charge in [-0.2, -0.15) is 0 Å². The number of rotatable bonds is 7. The van der Waals surface area contributed by atoms with Gasteiger partial charge in [-0.15, -0.1) is 10.2 Å². The van der Waals surface area contributed by atoms with Gasteiger partial charge in [-0.25, -0.2) is 9.97 Å². The molecule has 0 unspecified atom stereocenters. The fourth-order valence-electron chi connectivity index (χ4n) is 4.45. The summed E-state index contributed by atoms with van der Waals surface area (Å²) in [6, 6.07) is 26.1. The Bertz CT molecular complexity index is 1240. The van der Waals surface area contributed by atoms with E-state index in [2.05, 4.69) is 60.7 Å². The third kappa shape index (κ3) is 5.87. The smallest absolute Gasteiger partial charge is 0.272 e. The van der Waals surface area contributed by atoms with Crippen molar-refractivity contribution in [1.29, 1.82) is 0 Å². The maximum Gasteiger partial charge on any atom is 0.272 e. The van der Waals surface area contributed by atoms with Crippen LogP contribution in [0.3, 0.4) is 0 Å². The van der Waals surface area contributed by atoms with Crippen LogP contribution in [-0.2, 0) is 13.0 Å². The Labute approximate surface area is 205 Å². The van der Waals surface area contributed by atoms with Crippen LogP contribution in [0.15, 0.2) is 85.2 Å². The summed E-state index contributed by atoms with van der Waals surface area (Å²) < 4.78 is 0. The minimum atomic E-state index is -0.273. The Morgan fingerprint density at radius 3 is 2.34 bits per heavy atom. The number of nitrogens with one attached hydrogen (secondary N) is 1. The van der Waals surface area contributed by atoms with E-state index < -0.39 is 0 Å². The summed E-state index contributed by atoms with van der Waals surface area (Å²) in [5.41, 5.74) is 4.26. The zero-order valence-electron chi connectivity index (χ0n) is 19.5. The van der Waals surface area contributed by atoms with Gasteiger partial charge in [-0.05, 0) is 48.9 Å². The fourth-order valence-corrected chi connectivity index (χ4v) is 4.45. The normalized spacial score (nSPS) is 14.0. The van der Waals surface area contributed by atoms with Crippen LogP contribution in [0.5, 0.6) is 0 Å². The van der Waals surface area contributed by atoms with Crippen molar-refractivity contribution in [3.05, 3.63) is 102 Å². The van der Waals surface area contributed by atoms with Gasteiger partial charge in [0.25, 0.3) is 5.91 Å². The highest BCUT2D eigenvalue weighted by atomic mass is 16.1. The van der Waals surface area contributed by atoms with Gasteiger partial charge in [0.15, 0.2) is 11.5 Å². The Morgan fingerprint density at radius 2 is 1.63 bits per heavy atom. The van der Waals surface area contributed by atoms with E-state index in [0.29, 0.717) is 18.2 Å².